The molecule has 0 spiro atoms. The van der Waals surface area contributed by atoms with E-state index in [0.29, 0.717) is 23.8 Å². The van der Waals surface area contributed by atoms with Gasteiger partial charge in [-0.3, -0.25) is 14.5 Å². The Morgan fingerprint density at radius 3 is 2.70 bits per heavy atom. The largest absolute Gasteiger partial charge is 0.494 e. The number of nitrogens with zero attached hydrogens (tertiary/aromatic N) is 1. The number of amides is 1. The molecule has 0 fully saturated rings. The molecule has 1 aromatic rings. The van der Waals surface area contributed by atoms with Crippen molar-refractivity contribution in [3.8, 4) is 5.75 Å². The van der Waals surface area contributed by atoms with Crippen LogP contribution in [-0.2, 0) is 4.79 Å². The van der Waals surface area contributed by atoms with Crippen molar-refractivity contribution in [2.45, 2.75) is 45.6 Å². The molecule has 1 atom stereocenters. The fourth-order valence-electron chi connectivity index (χ4n) is 3.52. The number of carbonyl (C=O) groups is 2. The van der Waals surface area contributed by atoms with Crippen molar-refractivity contribution in [3.63, 3.8) is 0 Å². The number of ketones is 1. The number of hydrogen-bond acceptors (Lipinski definition) is 3. The highest BCUT2D eigenvalue weighted by atomic mass is 16.5. The molecule has 0 radical (unpaired) electrons. The van der Waals surface area contributed by atoms with Crippen molar-refractivity contribution in [2.24, 2.45) is 0 Å². The van der Waals surface area contributed by atoms with Crippen molar-refractivity contribution in [1.82, 2.24) is 0 Å². The summed E-state index contributed by atoms with van der Waals surface area (Å²) >= 11 is 0. The second kappa shape index (κ2) is 4.08. The van der Waals surface area contributed by atoms with Crippen molar-refractivity contribution in [2.75, 3.05) is 11.5 Å². The molecule has 2 aliphatic rings. The highest BCUT2D eigenvalue weighted by Gasteiger charge is 2.49. The van der Waals surface area contributed by atoms with E-state index >= 15 is 0 Å². The summed E-state index contributed by atoms with van der Waals surface area (Å²) in [6, 6.07) is 3.68. The quantitative estimate of drug-likeness (QED) is 0.778. The van der Waals surface area contributed by atoms with Gasteiger partial charge < -0.3 is 4.74 Å². The van der Waals surface area contributed by atoms with Crippen molar-refractivity contribution >= 4 is 17.4 Å². The van der Waals surface area contributed by atoms with Crippen LogP contribution in [0.15, 0.2) is 12.1 Å². The van der Waals surface area contributed by atoms with E-state index < -0.39 is 11.7 Å². The Morgan fingerprint density at radius 1 is 1.35 bits per heavy atom. The maximum Gasteiger partial charge on any atom is 0.299 e. The molecule has 2 aliphatic heterocycles. The van der Waals surface area contributed by atoms with Gasteiger partial charge in [-0.1, -0.05) is 6.92 Å². The molecule has 3 rings (SSSR count). The molecule has 1 amide bonds. The van der Waals surface area contributed by atoms with Crippen LogP contribution in [0.5, 0.6) is 5.75 Å². The smallest absolute Gasteiger partial charge is 0.299 e. The van der Waals surface area contributed by atoms with Gasteiger partial charge in [0.25, 0.3) is 11.7 Å². The van der Waals surface area contributed by atoms with Crippen LogP contribution in [0.2, 0.25) is 0 Å². The first-order valence-corrected chi connectivity index (χ1v) is 7.06. The fourth-order valence-corrected chi connectivity index (χ4v) is 3.52. The summed E-state index contributed by atoms with van der Waals surface area (Å²) in [5.74, 6) is 0.154. The topological polar surface area (TPSA) is 46.6 Å². The molecule has 2 heterocycles. The number of rotatable bonds is 2. The third kappa shape index (κ3) is 1.60. The van der Waals surface area contributed by atoms with Crippen LogP contribution in [0, 0.1) is 0 Å². The SMILES string of the molecule is CCOc1cc2c3c(c1)[C@@H](C)CC(C)(C)N3C(=O)C2=O. The van der Waals surface area contributed by atoms with E-state index in [1.807, 2.05) is 26.8 Å². The molecule has 0 saturated heterocycles. The maximum absolute atomic E-state index is 12.3. The van der Waals surface area contributed by atoms with E-state index in [9.17, 15) is 9.59 Å². The molecular formula is C16H19NO3. The van der Waals surface area contributed by atoms with Gasteiger partial charge in [0, 0.05) is 5.54 Å². The van der Waals surface area contributed by atoms with Crippen LogP contribution in [0.4, 0.5) is 5.69 Å². The van der Waals surface area contributed by atoms with Crippen LogP contribution < -0.4 is 9.64 Å². The normalized spacial score (nSPS) is 23.0. The number of carbonyl (C=O) groups excluding carboxylic acids is 2. The third-order valence-electron chi connectivity index (χ3n) is 4.23. The molecular weight excluding hydrogens is 254 g/mol. The molecule has 4 nitrogen and oxygen atoms in total. The molecule has 0 aromatic heterocycles. The second-order valence-corrected chi connectivity index (χ2v) is 6.23. The molecule has 0 saturated carbocycles. The standard InChI is InChI=1S/C16H19NO3/c1-5-20-10-6-11-9(2)8-16(3,4)17-13(11)12(7-10)14(18)15(17)19/h6-7,9H,5,8H2,1-4H3/t9-/m0/s1. The zero-order valence-electron chi connectivity index (χ0n) is 12.3. The van der Waals surface area contributed by atoms with Gasteiger partial charge in [0.05, 0.1) is 17.9 Å². The van der Waals surface area contributed by atoms with Gasteiger partial charge in [-0.05, 0) is 50.8 Å². The van der Waals surface area contributed by atoms with Gasteiger partial charge in [-0.25, -0.2) is 0 Å². The van der Waals surface area contributed by atoms with E-state index in [-0.39, 0.29) is 5.54 Å². The zero-order chi connectivity index (χ0) is 14.7. The van der Waals surface area contributed by atoms with Crippen molar-refractivity contribution in [1.29, 1.82) is 0 Å². The van der Waals surface area contributed by atoms with Gasteiger partial charge in [0.1, 0.15) is 5.75 Å². The molecule has 0 aliphatic carbocycles. The van der Waals surface area contributed by atoms with Crippen LogP contribution >= 0.6 is 0 Å². The molecule has 20 heavy (non-hydrogen) atoms. The van der Waals surface area contributed by atoms with Crippen LogP contribution in [0.1, 0.15) is 56.0 Å². The Labute approximate surface area is 118 Å². The summed E-state index contributed by atoms with van der Waals surface area (Å²) in [5.41, 5.74) is 2.02. The van der Waals surface area contributed by atoms with E-state index in [4.69, 9.17) is 4.74 Å². The minimum absolute atomic E-state index is 0.300. The monoisotopic (exact) mass is 273 g/mol. The average Bonchev–Trinajstić information content (AvgIpc) is 2.61. The lowest BCUT2D eigenvalue weighted by atomic mass is 9.80. The number of Topliss-reactive ketones (excluding diaryl/α,β-unsaturated/α-hetero) is 1. The number of benzene rings is 1. The fraction of sp³-hybridized carbons (Fsp3) is 0.500. The van der Waals surface area contributed by atoms with Gasteiger partial charge in [-0.2, -0.15) is 0 Å². The van der Waals surface area contributed by atoms with Gasteiger partial charge in [-0.15, -0.1) is 0 Å². The Morgan fingerprint density at radius 2 is 2.05 bits per heavy atom. The molecule has 106 valence electrons. The first-order valence-electron chi connectivity index (χ1n) is 7.06. The summed E-state index contributed by atoms with van der Waals surface area (Å²) in [7, 11) is 0. The van der Waals surface area contributed by atoms with E-state index in [1.165, 1.54) is 0 Å². The summed E-state index contributed by atoms with van der Waals surface area (Å²) in [4.78, 5) is 26.2. The van der Waals surface area contributed by atoms with Crippen molar-refractivity contribution in [3.05, 3.63) is 23.3 Å². The van der Waals surface area contributed by atoms with Crippen LogP contribution in [0.3, 0.4) is 0 Å². The summed E-state index contributed by atoms with van der Waals surface area (Å²) in [5, 5.41) is 0. The van der Waals surface area contributed by atoms with Crippen LogP contribution in [-0.4, -0.2) is 23.8 Å². The van der Waals surface area contributed by atoms with Gasteiger partial charge in [0.2, 0.25) is 0 Å². The number of hydrogen-bond donors (Lipinski definition) is 0. The van der Waals surface area contributed by atoms with Gasteiger partial charge in [0.15, 0.2) is 0 Å². The predicted molar refractivity (Wildman–Crippen MR) is 76.5 cm³/mol. The van der Waals surface area contributed by atoms with E-state index in [1.54, 1.807) is 11.0 Å². The average molecular weight is 273 g/mol. The lowest BCUT2D eigenvalue weighted by Crippen LogP contribution is -2.50. The highest BCUT2D eigenvalue weighted by Crippen LogP contribution is 2.49. The Hall–Kier alpha value is -1.84. The summed E-state index contributed by atoms with van der Waals surface area (Å²) < 4.78 is 5.53. The molecule has 0 unspecified atom stereocenters. The Balaban J connectivity index is 2.26. The summed E-state index contributed by atoms with van der Waals surface area (Å²) in [6.45, 7) is 8.62. The first kappa shape index (κ1) is 13.2. The highest BCUT2D eigenvalue weighted by molar-refractivity contribution is 6.53. The minimum atomic E-state index is -0.412. The zero-order valence-corrected chi connectivity index (χ0v) is 12.3. The predicted octanol–water partition coefficient (Wildman–Crippen LogP) is 2.90. The maximum atomic E-state index is 12.3. The Bertz CT molecular complexity index is 618. The minimum Gasteiger partial charge on any atom is -0.494 e. The lowest BCUT2D eigenvalue weighted by Gasteiger charge is -2.43. The lowest BCUT2D eigenvalue weighted by molar-refractivity contribution is -0.115. The molecule has 0 bridgehead atoms. The first-order chi connectivity index (χ1) is 9.36. The second-order valence-electron chi connectivity index (χ2n) is 6.23. The number of anilines is 1. The summed E-state index contributed by atoms with van der Waals surface area (Å²) in [6.07, 6.45) is 0.841. The Kier molecular flexibility index (Phi) is 2.68. The third-order valence-corrected chi connectivity index (χ3v) is 4.23. The molecule has 4 heteroatoms. The van der Waals surface area contributed by atoms with Gasteiger partial charge >= 0.3 is 0 Å². The van der Waals surface area contributed by atoms with Crippen LogP contribution in [0.25, 0.3) is 0 Å². The van der Waals surface area contributed by atoms with Crippen molar-refractivity contribution < 1.29 is 14.3 Å². The number of ether oxygens (including phenoxy) is 1. The molecule has 0 N–H and O–H groups in total. The van der Waals surface area contributed by atoms with E-state index in [0.717, 1.165) is 17.7 Å². The molecule has 1 aromatic carbocycles. The van der Waals surface area contributed by atoms with E-state index in [2.05, 4.69) is 6.92 Å².